The highest BCUT2D eigenvalue weighted by molar-refractivity contribution is 6.10. The predicted molar refractivity (Wildman–Crippen MR) is 94.8 cm³/mol. The average molecular weight is 357 g/mol. The van der Waals surface area contributed by atoms with Crippen LogP contribution in [0.2, 0.25) is 0 Å². The average Bonchev–Trinajstić information content (AvgIpc) is 2.94. The Morgan fingerprint density at radius 1 is 0.731 bits per heavy atom. The van der Waals surface area contributed by atoms with E-state index in [1.165, 1.54) is 18.4 Å². The highest BCUT2D eigenvalue weighted by atomic mass is 19.1. The Balaban J connectivity index is 2.33. The van der Waals surface area contributed by atoms with Gasteiger partial charge in [0.25, 0.3) is 0 Å². The van der Waals surface area contributed by atoms with Gasteiger partial charge in [0.05, 0.1) is 11.0 Å². The zero-order valence-electron chi connectivity index (χ0n) is 14.4. The third-order valence-corrected chi connectivity index (χ3v) is 4.81. The molecule has 1 nitrogen and oxygen atoms in total. The molecule has 4 aromatic rings. The van der Waals surface area contributed by atoms with E-state index in [-0.39, 0.29) is 32.9 Å². The van der Waals surface area contributed by atoms with E-state index in [4.69, 9.17) is 0 Å². The highest BCUT2D eigenvalue weighted by Gasteiger charge is 2.25. The molecule has 0 aliphatic rings. The molecule has 0 spiro atoms. The first-order valence-electron chi connectivity index (χ1n) is 8.15. The first-order chi connectivity index (χ1) is 12.3. The van der Waals surface area contributed by atoms with Crippen molar-refractivity contribution in [1.29, 1.82) is 0 Å². The second-order valence-corrected chi connectivity index (χ2v) is 6.58. The fraction of sp³-hybridized carbons (Fsp3) is 0.143. The summed E-state index contributed by atoms with van der Waals surface area (Å²) in [6, 6.07) is 9.22. The number of rotatable bonds is 1. The number of benzene rings is 3. The zero-order valence-corrected chi connectivity index (χ0v) is 14.4. The molecule has 0 amide bonds. The first kappa shape index (κ1) is 16.6. The van der Waals surface area contributed by atoms with Crippen LogP contribution in [0.1, 0.15) is 16.7 Å². The van der Waals surface area contributed by atoms with Gasteiger partial charge in [-0.1, -0.05) is 17.7 Å². The fourth-order valence-electron chi connectivity index (χ4n) is 3.39. The normalized spacial score (nSPS) is 11.7. The van der Waals surface area contributed by atoms with Crippen LogP contribution in [0.3, 0.4) is 0 Å². The van der Waals surface area contributed by atoms with E-state index in [1.54, 1.807) is 24.3 Å². The van der Waals surface area contributed by atoms with Crippen molar-refractivity contribution >= 4 is 21.8 Å². The first-order valence-corrected chi connectivity index (χ1v) is 8.15. The van der Waals surface area contributed by atoms with E-state index in [2.05, 4.69) is 0 Å². The minimum absolute atomic E-state index is 0.0688. The quantitative estimate of drug-likeness (QED) is 0.354. The van der Waals surface area contributed by atoms with Crippen LogP contribution >= 0.6 is 0 Å². The van der Waals surface area contributed by atoms with Gasteiger partial charge in [-0.05, 0) is 50.6 Å². The van der Waals surface area contributed by atoms with Crippen molar-refractivity contribution < 1.29 is 17.6 Å². The molecule has 1 heterocycles. The molecule has 3 aromatic carbocycles. The number of hydrogen-bond donors (Lipinski definition) is 0. The summed E-state index contributed by atoms with van der Waals surface area (Å²) in [4.78, 5) is 0. The maximum absolute atomic E-state index is 14.9. The number of aromatic nitrogens is 1. The van der Waals surface area contributed by atoms with Gasteiger partial charge in [-0.25, -0.2) is 17.6 Å². The van der Waals surface area contributed by atoms with E-state index in [0.717, 1.165) is 17.7 Å². The summed E-state index contributed by atoms with van der Waals surface area (Å²) in [5.74, 6) is -3.03. The van der Waals surface area contributed by atoms with Crippen molar-refractivity contribution in [2.24, 2.45) is 0 Å². The third-order valence-electron chi connectivity index (χ3n) is 4.81. The third kappa shape index (κ3) is 2.16. The number of nitrogens with zero attached hydrogens (tertiary/aromatic N) is 1. The second-order valence-electron chi connectivity index (χ2n) is 6.58. The molecule has 0 bridgehead atoms. The molecule has 0 atom stereocenters. The van der Waals surface area contributed by atoms with Gasteiger partial charge >= 0.3 is 0 Å². The van der Waals surface area contributed by atoms with Crippen LogP contribution < -0.4 is 0 Å². The van der Waals surface area contributed by atoms with Crippen molar-refractivity contribution in [2.45, 2.75) is 20.8 Å². The van der Waals surface area contributed by atoms with Crippen molar-refractivity contribution in [2.75, 3.05) is 0 Å². The van der Waals surface area contributed by atoms with Gasteiger partial charge in [0.15, 0.2) is 0 Å². The lowest BCUT2D eigenvalue weighted by molar-refractivity contribution is 0.576. The fourth-order valence-corrected chi connectivity index (χ4v) is 3.39. The molecule has 0 saturated carbocycles. The number of fused-ring (bicyclic) bond motifs is 3. The second kappa shape index (κ2) is 5.59. The van der Waals surface area contributed by atoms with Gasteiger partial charge in [-0.2, -0.15) is 0 Å². The molecule has 0 aliphatic carbocycles. The summed E-state index contributed by atoms with van der Waals surface area (Å²) < 4.78 is 60.2. The van der Waals surface area contributed by atoms with Gasteiger partial charge < -0.3 is 4.57 Å². The minimum atomic E-state index is -0.875. The van der Waals surface area contributed by atoms with Gasteiger partial charge in [-0.15, -0.1) is 0 Å². The number of aryl methyl sites for hydroxylation is 2. The molecule has 0 saturated heterocycles. The monoisotopic (exact) mass is 357 g/mol. The van der Waals surface area contributed by atoms with Crippen molar-refractivity contribution in [3.05, 3.63) is 76.4 Å². The minimum Gasteiger partial charge on any atom is -0.306 e. The standard InChI is InChI=1S/C21H15F4N/c1-10-4-6-13(7-5-10)26-16-9-14(22)12(3)20(25)17(16)18-19(24)11(2)8-15(23)21(18)26/h4-9H,1-3H3. The maximum atomic E-state index is 14.9. The van der Waals surface area contributed by atoms with Gasteiger partial charge in [-0.3, -0.25) is 0 Å². The molecule has 1 aromatic heterocycles. The lowest BCUT2D eigenvalue weighted by Gasteiger charge is -2.10. The molecule has 26 heavy (non-hydrogen) atoms. The lowest BCUT2D eigenvalue weighted by atomic mass is 10.1. The lowest BCUT2D eigenvalue weighted by Crippen LogP contribution is -1.98. The highest BCUT2D eigenvalue weighted by Crippen LogP contribution is 2.39. The summed E-state index contributed by atoms with van der Waals surface area (Å²) in [7, 11) is 0. The van der Waals surface area contributed by atoms with Crippen LogP contribution in [0.5, 0.6) is 0 Å². The van der Waals surface area contributed by atoms with Crippen molar-refractivity contribution in [3.8, 4) is 5.69 Å². The summed E-state index contributed by atoms with van der Waals surface area (Å²) in [5, 5.41) is -0.279. The Hall–Kier alpha value is -2.82. The van der Waals surface area contributed by atoms with Crippen LogP contribution in [-0.2, 0) is 0 Å². The van der Waals surface area contributed by atoms with Gasteiger partial charge in [0.1, 0.15) is 23.3 Å². The molecule has 0 unspecified atom stereocenters. The molecule has 132 valence electrons. The molecule has 0 aliphatic heterocycles. The van der Waals surface area contributed by atoms with E-state index in [0.29, 0.717) is 5.69 Å². The largest absolute Gasteiger partial charge is 0.306 e. The topological polar surface area (TPSA) is 4.93 Å². The predicted octanol–water partition coefficient (Wildman–Crippen LogP) is 6.27. The molecular formula is C21H15F4N. The van der Waals surface area contributed by atoms with Crippen LogP contribution in [0.25, 0.3) is 27.5 Å². The molecule has 0 radical (unpaired) electrons. The van der Waals surface area contributed by atoms with Gasteiger partial charge in [0.2, 0.25) is 0 Å². The SMILES string of the molecule is Cc1ccc(-n2c3cc(F)c(C)c(F)c3c3c(F)c(C)cc(F)c32)cc1. The Labute approximate surface area is 147 Å². The summed E-state index contributed by atoms with van der Waals surface area (Å²) >= 11 is 0. The summed E-state index contributed by atoms with van der Waals surface area (Å²) in [6.07, 6.45) is 0. The molecule has 5 heteroatoms. The molecule has 4 rings (SSSR count). The van der Waals surface area contributed by atoms with E-state index >= 15 is 0 Å². The van der Waals surface area contributed by atoms with E-state index in [1.807, 2.05) is 6.92 Å². The summed E-state index contributed by atoms with van der Waals surface area (Å²) in [6.45, 7) is 4.59. The van der Waals surface area contributed by atoms with Crippen molar-refractivity contribution in [1.82, 2.24) is 4.57 Å². The smallest absolute Gasteiger partial charge is 0.148 e. The Morgan fingerprint density at radius 2 is 1.38 bits per heavy atom. The van der Waals surface area contributed by atoms with Gasteiger partial charge in [0, 0.05) is 22.0 Å². The van der Waals surface area contributed by atoms with E-state index < -0.39 is 23.3 Å². The molecular weight excluding hydrogens is 342 g/mol. The molecule has 0 fully saturated rings. The number of hydrogen-bond acceptors (Lipinski definition) is 0. The number of halogens is 4. The van der Waals surface area contributed by atoms with Crippen molar-refractivity contribution in [3.63, 3.8) is 0 Å². The zero-order chi connectivity index (χ0) is 18.7. The Morgan fingerprint density at radius 3 is 2.04 bits per heavy atom. The Bertz CT molecular complexity index is 1190. The molecule has 0 N–H and O–H groups in total. The van der Waals surface area contributed by atoms with E-state index in [9.17, 15) is 17.6 Å². The summed E-state index contributed by atoms with van der Waals surface area (Å²) in [5.41, 5.74) is 1.32. The van der Waals surface area contributed by atoms with Crippen LogP contribution in [-0.4, -0.2) is 4.57 Å². The Kier molecular flexibility index (Phi) is 3.58. The van der Waals surface area contributed by atoms with Crippen LogP contribution in [0.4, 0.5) is 17.6 Å². The maximum Gasteiger partial charge on any atom is 0.148 e. The van der Waals surface area contributed by atoms with Crippen LogP contribution in [0, 0.1) is 44.0 Å². The van der Waals surface area contributed by atoms with Crippen LogP contribution in [0.15, 0.2) is 36.4 Å².